The minimum absolute atomic E-state index is 0.733. The van der Waals surface area contributed by atoms with Gasteiger partial charge in [0.25, 0.3) is 0 Å². The molecule has 0 amide bonds. The molecule has 0 aromatic heterocycles. The number of rotatable bonds is 4. The van der Waals surface area contributed by atoms with Gasteiger partial charge in [-0.3, -0.25) is 4.90 Å². The Morgan fingerprint density at radius 1 is 1.25 bits per heavy atom. The largest absolute Gasteiger partial charge is 0.381 e. The lowest BCUT2D eigenvalue weighted by Gasteiger charge is -2.40. The number of ether oxygens (including phenoxy) is 1. The van der Waals surface area contributed by atoms with Gasteiger partial charge in [-0.15, -0.1) is 0 Å². The van der Waals surface area contributed by atoms with Crippen molar-refractivity contribution in [2.45, 2.75) is 51.1 Å². The van der Waals surface area contributed by atoms with Crippen molar-refractivity contribution in [1.82, 2.24) is 10.2 Å². The Balaban J connectivity index is 1.76. The van der Waals surface area contributed by atoms with Gasteiger partial charge in [-0.05, 0) is 45.2 Å². The summed E-state index contributed by atoms with van der Waals surface area (Å²) in [6, 6.07) is 1.52. The molecule has 0 spiro atoms. The van der Waals surface area contributed by atoms with E-state index in [1.807, 2.05) is 0 Å². The fraction of sp³-hybridized carbons (Fsp3) is 1.00. The fourth-order valence-corrected chi connectivity index (χ4v) is 2.90. The minimum Gasteiger partial charge on any atom is -0.381 e. The molecule has 16 heavy (non-hydrogen) atoms. The van der Waals surface area contributed by atoms with Gasteiger partial charge in [-0.2, -0.15) is 0 Å². The van der Waals surface area contributed by atoms with E-state index in [-0.39, 0.29) is 0 Å². The standard InChI is InChI=1S/C13H26N2O/c1-2-7-14-12-4-3-8-15(11-12)13-5-9-16-10-6-13/h12-14H,2-11H2,1H3. The summed E-state index contributed by atoms with van der Waals surface area (Å²) < 4.78 is 5.44. The van der Waals surface area contributed by atoms with Crippen molar-refractivity contribution in [2.24, 2.45) is 0 Å². The highest BCUT2D eigenvalue weighted by Crippen LogP contribution is 2.19. The van der Waals surface area contributed by atoms with E-state index in [1.54, 1.807) is 0 Å². The second-order valence-electron chi connectivity index (χ2n) is 5.13. The van der Waals surface area contributed by atoms with Crippen LogP contribution in [0.4, 0.5) is 0 Å². The quantitative estimate of drug-likeness (QED) is 0.788. The number of hydrogen-bond acceptors (Lipinski definition) is 3. The normalized spacial score (nSPS) is 29.4. The zero-order valence-corrected chi connectivity index (χ0v) is 10.6. The summed E-state index contributed by atoms with van der Waals surface area (Å²) in [4.78, 5) is 2.69. The molecule has 2 aliphatic heterocycles. The molecule has 0 aliphatic carbocycles. The van der Waals surface area contributed by atoms with Crippen LogP contribution in [0.1, 0.15) is 39.0 Å². The topological polar surface area (TPSA) is 24.5 Å². The Labute approximate surface area is 99.5 Å². The van der Waals surface area contributed by atoms with E-state index in [1.165, 1.54) is 51.7 Å². The van der Waals surface area contributed by atoms with Gasteiger partial charge in [0.1, 0.15) is 0 Å². The molecule has 0 aromatic rings. The summed E-state index contributed by atoms with van der Waals surface area (Å²) in [6.45, 7) is 7.90. The molecule has 0 radical (unpaired) electrons. The lowest BCUT2D eigenvalue weighted by atomic mass is 10.00. The van der Waals surface area contributed by atoms with E-state index in [4.69, 9.17) is 4.74 Å². The molecular formula is C13H26N2O. The zero-order valence-electron chi connectivity index (χ0n) is 10.6. The van der Waals surface area contributed by atoms with Crippen LogP contribution in [0, 0.1) is 0 Å². The smallest absolute Gasteiger partial charge is 0.0480 e. The zero-order chi connectivity index (χ0) is 11.2. The van der Waals surface area contributed by atoms with Gasteiger partial charge >= 0.3 is 0 Å². The number of hydrogen-bond donors (Lipinski definition) is 1. The molecular weight excluding hydrogens is 200 g/mol. The van der Waals surface area contributed by atoms with Crippen molar-refractivity contribution in [3.8, 4) is 0 Å². The van der Waals surface area contributed by atoms with Gasteiger partial charge < -0.3 is 10.1 Å². The van der Waals surface area contributed by atoms with Gasteiger partial charge in [0.05, 0.1) is 0 Å². The second kappa shape index (κ2) is 6.58. The third kappa shape index (κ3) is 3.44. The number of piperidine rings is 1. The molecule has 1 N–H and O–H groups in total. The molecule has 3 heteroatoms. The second-order valence-corrected chi connectivity index (χ2v) is 5.13. The molecule has 2 aliphatic rings. The predicted octanol–water partition coefficient (Wildman–Crippen LogP) is 1.63. The molecule has 3 nitrogen and oxygen atoms in total. The Bertz CT molecular complexity index is 192. The Hall–Kier alpha value is -0.120. The van der Waals surface area contributed by atoms with Gasteiger partial charge in [-0.1, -0.05) is 6.92 Å². The molecule has 0 aromatic carbocycles. The van der Waals surface area contributed by atoms with Crippen molar-refractivity contribution < 1.29 is 4.74 Å². The van der Waals surface area contributed by atoms with Crippen LogP contribution >= 0.6 is 0 Å². The first-order valence-electron chi connectivity index (χ1n) is 6.95. The van der Waals surface area contributed by atoms with Crippen LogP contribution < -0.4 is 5.32 Å². The molecule has 2 fully saturated rings. The van der Waals surface area contributed by atoms with E-state index >= 15 is 0 Å². The van der Waals surface area contributed by atoms with Crippen molar-refractivity contribution in [3.63, 3.8) is 0 Å². The first-order valence-corrected chi connectivity index (χ1v) is 6.95. The van der Waals surface area contributed by atoms with Gasteiger partial charge in [0.15, 0.2) is 0 Å². The van der Waals surface area contributed by atoms with E-state index in [2.05, 4.69) is 17.1 Å². The average Bonchev–Trinajstić information content (AvgIpc) is 2.38. The van der Waals surface area contributed by atoms with Crippen LogP contribution in [-0.4, -0.2) is 49.8 Å². The molecule has 0 bridgehead atoms. The van der Waals surface area contributed by atoms with Crippen LogP contribution in [0.2, 0.25) is 0 Å². The van der Waals surface area contributed by atoms with Crippen LogP contribution in [-0.2, 0) is 4.74 Å². The average molecular weight is 226 g/mol. The molecule has 94 valence electrons. The first-order chi connectivity index (χ1) is 7.90. The highest BCUT2D eigenvalue weighted by molar-refractivity contribution is 4.83. The summed E-state index contributed by atoms with van der Waals surface area (Å²) in [6.07, 6.45) is 6.44. The van der Waals surface area contributed by atoms with E-state index in [0.29, 0.717) is 0 Å². The molecule has 1 atom stereocenters. The summed E-state index contributed by atoms with van der Waals surface area (Å²) in [5.74, 6) is 0. The number of nitrogens with one attached hydrogen (secondary N) is 1. The highest BCUT2D eigenvalue weighted by atomic mass is 16.5. The van der Waals surface area contributed by atoms with Gasteiger partial charge in [-0.25, -0.2) is 0 Å². The SMILES string of the molecule is CCCNC1CCCN(C2CCOCC2)C1. The summed E-state index contributed by atoms with van der Waals surface area (Å²) in [5.41, 5.74) is 0. The van der Waals surface area contributed by atoms with Crippen molar-refractivity contribution in [1.29, 1.82) is 0 Å². The first kappa shape index (κ1) is 12.3. The molecule has 0 saturated carbocycles. The Morgan fingerprint density at radius 3 is 2.81 bits per heavy atom. The summed E-state index contributed by atoms with van der Waals surface area (Å²) >= 11 is 0. The lowest BCUT2D eigenvalue weighted by Crippen LogP contribution is -2.51. The van der Waals surface area contributed by atoms with E-state index in [0.717, 1.165) is 25.3 Å². The van der Waals surface area contributed by atoms with Crippen LogP contribution in [0.15, 0.2) is 0 Å². The number of nitrogens with zero attached hydrogens (tertiary/aromatic N) is 1. The highest BCUT2D eigenvalue weighted by Gasteiger charge is 2.26. The van der Waals surface area contributed by atoms with Gasteiger partial charge in [0, 0.05) is 31.8 Å². The van der Waals surface area contributed by atoms with Crippen molar-refractivity contribution >= 4 is 0 Å². The van der Waals surface area contributed by atoms with Crippen LogP contribution in [0.25, 0.3) is 0 Å². The predicted molar refractivity (Wildman–Crippen MR) is 66.7 cm³/mol. The monoisotopic (exact) mass is 226 g/mol. The summed E-state index contributed by atoms with van der Waals surface area (Å²) in [7, 11) is 0. The minimum atomic E-state index is 0.733. The summed E-state index contributed by atoms with van der Waals surface area (Å²) in [5, 5.41) is 3.67. The van der Waals surface area contributed by atoms with Crippen LogP contribution in [0.3, 0.4) is 0 Å². The van der Waals surface area contributed by atoms with Crippen molar-refractivity contribution in [2.75, 3.05) is 32.8 Å². The van der Waals surface area contributed by atoms with Crippen LogP contribution in [0.5, 0.6) is 0 Å². The maximum atomic E-state index is 5.44. The third-order valence-corrected chi connectivity index (χ3v) is 3.84. The third-order valence-electron chi connectivity index (χ3n) is 3.84. The molecule has 1 unspecified atom stereocenters. The molecule has 2 saturated heterocycles. The lowest BCUT2D eigenvalue weighted by molar-refractivity contribution is 0.0220. The van der Waals surface area contributed by atoms with E-state index < -0.39 is 0 Å². The maximum Gasteiger partial charge on any atom is 0.0480 e. The molecule has 2 rings (SSSR count). The molecule has 2 heterocycles. The Morgan fingerprint density at radius 2 is 2.06 bits per heavy atom. The number of likely N-dealkylation sites (tertiary alicyclic amines) is 1. The maximum absolute atomic E-state index is 5.44. The fourth-order valence-electron chi connectivity index (χ4n) is 2.90. The van der Waals surface area contributed by atoms with Gasteiger partial charge in [0.2, 0.25) is 0 Å². The van der Waals surface area contributed by atoms with E-state index in [9.17, 15) is 0 Å². The Kier molecular flexibility index (Phi) is 5.07. The van der Waals surface area contributed by atoms with Crippen molar-refractivity contribution in [3.05, 3.63) is 0 Å².